The zero-order valence-corrected chi connectivity index (χ0v) is 10.2. The van der Waals surface area contributed by atoms with Crippen LogP contribution in [0.25, 0.3) is 0 Å². The fourth-order valence-electron chi connectivity index (χ4n) is 2.35. The third-order valence-electron chi connectivity index (χ3n) is 3.20. The third-order valence-corrected chi connectivity index (χ3v) is 3.83. The maximum absolute atomic E-state index is 6.07. The first-order valence-corrected chi connectivity index (χ1v) is 6.07. The highest BCUT2D eigenvalue weighted by Crippen LogP contribution is 2.38. The van der Waals surface area contributed by atoms with Gasteiger partial charge in [-0.1, -0.05) is 42.5 Å². The van der Waals surface area contributed by atoms with Gasteiger partial charge in [0.05, 0.1) is 0 Å². The van der Waals surface area contributed by atoms with Crippen molar-refractivity contribution in [2.45, 2.75) is 24.8 Å². The van der Waals surface area contributed by atoms with E-state index < -0.39 is 0 Å². The Morgan fingerprint density at radius 2 is 1.93 bits per heavy atom. The first-order chi connectivity index (χ1) is 7.18. The molecule has 0 aromatic heterocycles. The molecular formula is C12H15NS2. The molecule has 1 saturated carbocycles. The zero-order chi connectivity index (χ0) is 10.8. The largest absolute Gasteiger partial charge is 0.327 e. The second-order valence-corrected chi connectivity index (χ2v) is 5.41. The summed E-state index contributed by atoms with van der Waals surface area (Å²) in [6, 6.07) is 10.7. The first kappa shape index (κ1) is 11.1. The second kappa shape index (κ2) is 4.64. The molecule has 0 bridgehead atoms. The average Bonchev–Trinajstić information content (AvgIpc) is 2.62. The van der Waals surface area contributed by atoms with E-state index >= 15 is 0 Å². The Morgan fingerprint density at radius 1 is 1.27 bits per heavy atom. The van der Waals surface area contributed by atoms with Gasteiger partial charge in [-0.25, -0.2) is 0 Å². The predicted octanol–water partition coefficient (Wildman–Crippen LogP) is 2.76. The molecule has 3 unspecified atom stereocenters. The number of thiocarbonyl (C=S) groups is 1. The molecule has 1 aliphatic carbocycles. The Hall–Kier alpha value is -0.380. The number of nitrogens with two attached hydrogens (primary N) is 1. The third kappa shape index (κ3) is 2.41. The number of benzene rings is 1. The first-order valence-electron chi connectivity index (χ1n) is 5.22. The predicted molar refractivity (Wildman–Crippen MR) is 71.5 cm³/mol. The molecule has 0 amide bonds. The van der Waals surface area contributed by atoms with E-state index in [4.69, 9.17) is 18.0 Å². The quantitative estimate of drug-likeness (QED) is 0.611. The fourth-order valence-corrected chi connectivity index (χ4v) is 2.92. The molecule has 0 aliphatic heterocycles. The van der Waals surface area contributed by atoms with Crippen LogP contribution in [0.1, 0.15) is 24.3 Å². The summed E-state index contributed by atoms with van der Waals surface area (Å²) in [5, 5.41) is 0. The molecule has 1 aromatic rings. The Balaban J connectivity index is 2.13. The van der Waals surface area contributed by atoms with Crippen LogP contribution in [0.3, 0.4) is 0 Å². The van der Waals surface area contributed by atoms with E-state index in [9.17, 15) is 0 Å². The van der Waals surface area contributed by atoms with Gasteiger partial charge in [0, 0.05) is 16.2 Å². The molecule has 2 rings (SSSR count). The van der Waals surface area contributed by atoms with Crippen LogP contribution in [-0.4, -0.2) is 10.2 Å². The van der Waals surface area contributed by atoms with Crippen molar-refractivity contribution in [3.63, 3.8) is 0 Å². The lowest BCUT2D eigenvalue weighted by atomic mass is 9.97. The lowest BCUT2D eigenvalue weighted by Crippen LogP contribution is -2.27. The normalized spacial score (nSPS) is 30.4. The van der Waals surface area contributed by atoms with Gasteiger partial charge in [-0.05, 0) is 24.3 Å². The van der Waals surface area contributed by atoms with Crippen molar-refractivity contribution >= 4 is 29.0 Å². The van der Waals surface area contributed by atoms with Gasteiger partial charge in [-0.3, -0.25) is 0 Å². The van der Waals surface area contributed by atoms with Crippen LogP contribution >= 0.6 is 24.8 Å². The highest BCUT2D eigenvalue weighted by Gasteiger charge is 2.33. The van der Waals surface area contributed by atoms with Crippen LogP contribution in [0.15, 0.2) is 30.3 Å². The Labute approximate surface area is 101 Å². The summed E-state index contributed by atoms with van der Waals surface area (Å²) in [6.07, 6.45) is 2.07. The smallest absolute Gasteiger partial charge is 0.0494 e. The Bertz CT molecular complexity index is 350. The summed E-state index contributed by atoms with van der Waals surface area (Å²) >= 11 is 9.38. The van der Waals surface area contributed by atoms with Gasteiger partial charge in [0.25, 0.3) is 0 Å². The molecule has 2 N–H and O–H groups in total. The SMILES string of the molecule is NC1CC(c2ccccc2)CC1C(=S)S. The lowest BCUT2D eigenvalue weighted by molar-refractivity contribution is 0.624. The van der Waals surface area contributed by atoms with Crippen molar-refractivity contribution in [1.82, 2.24) is 0 Å². The maximum Gasteiger partial charge on any atom is 0.0494 e. The fraction of sp³-hybridized carbons (Fsp3) is 0.417. The van der Waals surface area contributed by atoms with E-state index in [1.54, 1.807) is 0 Å². The second-order valence-electron chi connectivity index (χ2n) is 4.19. The summed E-state index contributed by atoms with van der Waals surface area (Å²) in [5.74, 6) is 0.852. The summed E-state index contributed by atoms with van der Waals surface area (Å²) in [7, 11) is 0. The van der Waals surface area contributed by atoms with Crippen LogP contribution in [0.4, 0.5) is 0 Å². The van der Waals surface area contributed by atoms with Crippen molar-refractivity contribution < 1.29 is 0 Å². The molecule has 3 heteroatoms. The maximum atomic E-state index is 6.07. The Kier molecular flexibility index (Phi) is 3.44. The van der Waals surface area contributed by atoms with E-state index in [0.29, 0.717) is 11.8 Å². The van der Waals surface area contributed by atoms with Crippen molar-refractivity contribution in [3.05, 3.63) is 35.9 Å². The summed E-state index contributed by atoms with van der Waals surface area (Å²) in [6.45, 7) is 0. The highest BCUT2D eigenvalue weighted by atomic mass is 32.1. The molecule has 1 aliphatic rings. The molecule has 0 radical (unpaired) electrons. The molecule has 1 fully saturated rings. The standard InChI is InChI=1S/C12H15NS2/c13-11-7-9(6-10(11)12(14)15)8-4-2-1-3-5-8/h1-5,9-11H,6-7,13H2,(H,14,15). The molecule has 1 aromatic carbocycles. The van der Waals surface area contributed by atoms with E-state index in [2.05, 4.69) is 36.9 Å². The van der Waals surface area contributed by atoms with Gasteiger partial charge in [0.1, 0.15) is 0 Å². The van der Waals surface area contributed by atoms with Crippen molar-refractivity contribution in [2.24, 2.45) is 11.7 Å². The number of hydrogen-bond acceptors (Lipinski definition) is 2. The molecule has 15 heavy (non-hydrogen) atoms. The van der Waals surface area contributed by atoms with Gasteiger partial charge in [0.2, 0.25) is 0 Å². The summed E-state index contributed by atoms with van der Waals surface area (Å²) < 4.78 is 0.765. The van der Waals surface area contributed by atoms with Crippen molar-refractivity contribution in [1.29, 1.82) is 0 Å². The van der Waals surface area contributed by atoms with Crippen molar-refractivity contribution in [3.8, 4) is 0 Å². The highest BCUT2D eigenvalue weighted by molar-refractivity contribution is 8.11. The van der Waals surface area contributed by atoms with Gasteiger partial charge >= 0.3 is 0 Å². The summed E-state index contributed by atoms with van der Waals surface area (Å²) in [4.78, 5) is 0. The van der Waals surface area contributed by atoms with E-state index in [0.717, 1.165) is 17.0 Å². The van der Waals surface area contributed by atoms with Crippen LogP contribution in [0.5, 0.6) is 0 Å². The average molecular weight is 237 g/mol. The van der Waals surface area contributed by atoms with Crippen LogP contribution in [0, 0.1) is 5.92 Å². The van der Waals surface area contributed by atoms with Gasteiger partial charge in [-0.2, -0.15) is 0 Å². The molecular weight excluding hydrogens is 222 g/mol. The molecule has 0 spiro atoms. The van der Waals surface area contributed by atoms with Crippen LogP contribution < -0.4 is 5.73 Å². The summed E-state index contributed by atoms with van der Waals surface area (Å²) in [5.41, 5.74) is 7.45. The van der Waals surface area contributed by atoms with Gasteiger partial charge < -0.3 is 5.73 Å². The van der Waals surface area contributed by atoms with Crippen LogP contribution in [-0.2, 0) is 0 Å². The minimum atomic E-state index is 0.181. The molecule has 3 atom stereocenters. The zero-order valence-electron chi connectivity index (χ0n) is 8.47. The minimum absolute atomic E-state index is 0.181. The van der Waals surface area contributed by atoms with Crippen molar-refractivity contribution in [2.75, 3.05) is 0 Å². The van der Waals surface area contributed by atoms with Crippen LogP contribution in [0.2, 0.25) is 0 Å². The minimum Gasteiger partial charge on any atom is -0.327 e. The lowest BCUT2D eigenvalue weighted by Gasteiger charge is -2.11. The van der Waals surface area contributed by atoms with E-state index in [1.807, 2.05) is 6.07 Å². The molecule has 0 heterocycles. The van der Waals surface area contributed by atoms with E-state index in [-0.39, 0.29) is 6.04 Å². The molecule has 0 saturated heterocycles. The topological polar surface area (TPSA) is 26.0 Å². The van der Waals surface area contributed by atoms with E-state index in [1.165, 1.54) is 5.56 Å². The number of rotatable bonds is 2. The monoisotopic (exact) mass is 237 g/mol. The Morgan fingerprint density at radius 3 is 2.47 bits per heavy atom. The molecule has 1 nitrogen and oxygen atoms in total. The number of thiol groups is 1. The number of hydrogen-bond donors (Lipinski definition) is 2. The van der Waals surface area contributed by atoms with Gasteiger partial charge in [0.15, 0.2) is 0 Å². The van der Waals surface area contributed by atoms with Gasteiger partial charge in [-0.15, -0.1) is 12.6 Å². The molecule has 80 valence electrons.